The Labute approximate surface area is 133 Å². The van der Waals surface area contributed by atoms with Gasteiger partial charge in [-0.2, -0.15) is 0 Å². The lowest BCUT2D eigenvalue weighted by Gasteiger charge is -2.43. The smallest absolute Gasteiger partial charge is 0.137 e. The molecule has 2 aromatic heterocycles. The highest BCUT2D eigenvalue weighted by Crippen LogP contribution is 2.44. The van der Waals surface area contributed by atoms with E-state index in [4.69, 9.17) is 4.74 Å². The van der Waals surface area contributed by atoms with Gasteiger partial charge in [-0.1, -0.05) is 12.1 Å². The minimum Gasteiger partial charge on any atom is -0.380 e. The fourth-order valence-electron chi connectivity index (χ4n) is 3.25. The highest BCUT2D eigenvalue weighted by atomic mass is 32.1. The first-order valence-electron chi connectivity index (χ1n) is 7.16. The molecule has 2 atom stereocenters. The zero-order valence-electron chi connectivity index (χ0n) is 12.4. The molecule has 1 aliphatic heterocycles. The summed E-state index contributed by atoms with van der Waals surface area (Å²) >= 11 is 3.26. The summed E-state index contributed by atoms with van der Waals surface area (Å²) in [6.07, 6.45) is 1.06. The SMILES string of the molecule is CO[C@@H]1C[C@@H](C(O)(c2cccs2)c2cccs2)CN(C)C1. The average molecular weight is 323 g/mol. The van der Waals surface area contributed by atoms with Crippen LogP contribution in [0.3, 0.4) is 0 Å². The molecule has 1 aliphatic rings. The lowest BCUT2D eigenvalue weighted by Crippen LogP contribution is -2.50. The summed E-state index contributed by atoms with van der Waals surface area (Å²) in [6.45, 7) is 1.81. The number of thiophene rings is 2. The molecule has 0 aliphatic carbocycles. The van der Waals surface area contributed by atoms with E-state index in [0.717, 1.165) is 29.3 Å². The average Bonchev–Trinajstić information content (AvgIpc) is 3.18. The molecule has 2 aromatic rings. The molecule has 0 saturated carbocycles. The van der Waals surface area contributed by atoms with E-state index >= 15 is 0 Å². The Morgan fingerprint density at radius 3 is 2.29 bits per heavy atom. The van der Waals surface area contributed by atoms with Crippen LogP contribution in [0.1, 0.15) is 16.2 Å². The molecule has 3 rings (SSSR count). The van der Waals surface area contributed by atoms with Crippen molar-refractivity contribution in [2.45, 2.75) is 18.1 Å². The van der Waals surface area contributed by atoms with E-state index in [1.54, 1.807) is 29.8 Å². The molecule has 3 heterocycles. The highest BCUT2D eigenvalue weighted by Gasteiger charge is 2.45. The van der Waals surface area contributed by atoms with Gasteiger partial charge in [0.2, 0.25) is 0 Å². The molecule has 1 fully saturated rings. The number of likely N-dealkylation sites (N-methyl/N-ethyl adjacent to an activating group) is 1. The molecule has 114 valence electrons. The maximum atomic E-state index is 11.6. The Balaban J connectivity index is 2.00. The Morgan fingerprint density at radius 2 is 1.81 bits per heavy atom. The minimum atomic E-state index is -0.909. The van der Waals surface area contributed by atoms with Crippen molar-refractivity contribution in [3.63, 3.8) is 0 Å². The van der Waals surface area contributed by atoms with Crippen molar-refractivity contribution < 1.29 is 9.84 Å². The third kappa shape index (κ3) is 2.81. The molecule has 0 amide bonds. The van der Waals surface area contributed by atoms with Crippen molar-refractivity contribution in [2.75, 3.05) is 27.2 Å². The Kier molecular flexibility index (Phi) is 4.47. The number of hydrogen-bond donors (Lipinski definition) is 1. The molecule has 0 aromatic carbocycles. The lowest BCUT2D eigenvalue weighted by atomic mass is 9.78. The lowest BCUT2D eigenvalue weighted by molar-refractivity contribution is -0.0583. The largest absolute Gasteiger partial charge is 0.380 e. The molecule has 0 spiro atoms. The van der Waals surface area contributed by atoms with Gasteiger partial charge in [-0.25, -0.2) is 0 Å². The first kappa shape index (κ1) is 15.2. The van der Waals surface area contributed by atoms with Gasteiger partial charge in [0.05, 0.1) is 6.10 Å². The Bertz CT molecular complexity index is 519. The Hall–Kier alpha value is -0.720. The van der Waals surface area contributed by atoms with E-state index in [1.807, 2.05) is 35.0 Å². The van der Waals surface area contributed by atoms with Crippen LogP contribution in [0.2, 0.25) is 0 Å². The number of piperidine rings is 1. The van der Waals surface area contributed by atoms with Gasteiger partial charge in [0.15, 0.2) is 0 Å². The molecule has 0 bridgehead atoms. The highest BCUT2D eigenvalue weighted by molar-refractivity contribution is 7.11. The van der Waals surface area contributed by atoms with Crippen LogP contribution < -0.4 is 0 Å². The second-order valence-corrected chi connectivity index (χ2v) is 7.63. The first-order chi connectivity index (χ1) is 10.1. The number of nitrogens with zero attached hydrogens (tertiary/aromatic N) is 1. The second-order valence-electron chi connectivity index (χ2n) is 5.73. The minimum absolute atomic E-state index is 0.137. The molecule has 0 unspecified atom stereocenters. The molecular formula is C16H21NO2S2. The van der Waals surface area contributed by atoms with Crippen molar-refractivity contribution in [3.05, 3.63) is 44.8 Å². The summed E-state index contributed by atoms with van der Waals surface area (Å²) < 4.78 is 5.58. The van der Waals surface area contributed by atoms with E-state index < -0.39 is 5.60 Å². The van der Waals surface area contributed by atoms with Gasteiger partial charge < -0.3 is 14.7 Å². The standard InChI is InChI=1S/C16H21NO2S2/c1-17-10-12(9-13(11-17)19-2)16(18,14-5-3-7-20-14)15-6-4-8-21-15/h3-8,12-13,18H,9-11H2,1-2H3/t12-,13-/m1/s1. The predicted octanol–water partition coefficient (Wildman–Crippen LogP) is 3.01. The monoisotopic (exact) mass is 323 g/mol. The van der Waals surface area contributed by atoms with E-state index in [2.05, 4.69) is 11.9 Å². The fraction of sp³-hybridized carbons (Fsp3) is 0.500. The van der Waals surface area contributed by atoms with Gasteiger partial charge in [-0.05, 0) is 36.4 Å². The molecule has 3 nitrogen and oxygen atoms in total. The first-order valence-corrected chi connectivity index (χ1v) is 8.92. The zero-order valence-corrected chi connectivity index (χ0v) is 14.0. The molecule has 21 heavy (non-hydrogen) atoms. The number of rotatable bonds is 4. The maximum absolute atomic E-state index is 11.6. The second kappa shape index (κ2) is 6.18. The fourth-order valence-corrected chi connectivity index (χ4v) is 5.15. The van der Waals surface area contributed by atoms with Crippen LogP contribution in [-0.4, -0.2) is 43.4 Å². The number of methoxy groups -OCH3 is 1. The molecule has 1 saturated heterocycles. The third-order valence-corrected chi connectivity index (χ3v) is 6.30. The van der Waals surface area contributed by atoms with E-state index in [9.17, 15) is 5.11 Å². The summed E-state index contributed by atoms with van der Waals surface area (Å²) in [7, 11) is 3.86. The third-order valence-electron chi connectivity index (χ3n) is 4.31. The van der Waals surface area contributed by atoms with E-state index in [-0.39, 0.29) is 12.0 Å². The summed E-state index contributed by atoms with van der Waals surface area (Å²) in [5, 5.41) is 15.7. The van der Waals surface area contributed by atoms with Crippen molar-refractivity contribution >= 4 is 22.7 Å². The van der Waals surface area contributed by atoms with Gasteiger partial charge in [0.25, 0.3) is 0 Å². The van der Waals surface area contributed by atoms with Crippen LogP contribution >= 0.6 is 22.7 Å². The maximum Gasteiger partial charge on any atom is 0.137 e. The van der Waals surface area contributed by atoms with Gasteiger partial charge >= 0.3 is 0 Å². The van der Waals surface area contributed by atoms with Crippen molar-refractivity contribution in [3.8, 4) is 0 Å². The number of ether oxygens (including phenoxy) is 1. The van der Waals surface area contributed by atoms with Crippen LogP contribution in [0.5, 0.6) is 0 Å². The van der Waals surface area contributed by atoms with E-state index in [1.165, 1.54) is 0 Å². The number of hydrogen-bond acceptors (Lipinski definition) is 5. The molecule has 1 N–H and O–H groups in total. The quantitative estimate of drug-likeness (QED) is 0.939. The summed E-state index contributed by atoms with van der Waals surface area (Å²) in [6, 6.07) is 8.11. The molecule has 5 heteroatoms. The molecule has 0 radical (unpaired) electrons. The zero-order chi connectivity index (χ0) is 14.9. The van der Waals surface area contributed by atoms with Crippen LogP contribution in [0.25, 0.3) is 0 Å². The van der Waals surface area contributed by atoms with Crippen molar-refractivity contribution in [2.24, 2.45) is 5.92 Å². The van der Waals surface area contributed by atoms with Crippen LogP contribution in [0.4, 0.5) is 0 Å². The number of likely N-dealkylation sites (tertiary alicyclic amines) is 1. The summed E-state index contributed by atoms with van der Waals surface area (Å²) in [5.41, 5.74) is -0.909. The van der Waals surface area contributed by atoms with Gasteiger partial charge in [0.1, 0.15) is 5.60 Å². The summed E-state index contributed by atoms with van der Waals surface area (Å²) in [4.78, 5) is 4.31. The van der Waals surface area contributed by atoms with Crippen LogP contribution in [-0.2, 0) is 10.3 Å². The predicted molar refractivity (Wildman–Crippen MR) is 88.0 cm³/mol. The Morgan fingerprint density at radius 1 is 1.19 bits per heavy atom. The van der Waals surface area contributed by atoms with Crippen molar-refractivity contribution in [1.82, 2.24) is 4.90 Å². The van der Waals surface area contributed by atoms with Gasteiger partial charge in [0, 0.05) is 35.9 Å². The van der Waals surface area contributed by atoms with Crippen LogP contribution in [0.15, 0.2) is 35.0 Å². The van der Waals surface area contributed by atoms with Gasteiger partial charge in [-0.3, -0.25) is 0 Å². The normalized spacial score (nSPS) is 24.3. The van der Waals surface area contributed by atoms with E-state index in [0.29, 0.717) is 0 Å². The van der Waals surface area contributed by atoms with Crippen molar-refractivity contribution in [1.29, 1.82) is 0 Å². The topological polar surface area (TPSA) is 32.7 Å². The van der Waals surface area contributed by atoms with Gasteiger partial charge in [-0.15, -0.1) is 22.7 Å². The van der Waals surface area contributed by atoms with Crippen LogP contribution in [0, 0.1) is 5.92 Å². The number of aliphatic hydroxyl groups is 1. The molecular weight excluding hydrogens is 302 g/mol. The summed E-state index contributed by atoms with van der Waals surface area (Å²) in [5.74, 6) is 0.137.